The largest absolute Gasteiger partial charge is 0.337 e. The molecule has 0 radical (unpaired) electrons. The Kier molecular flexibility index (Phi) is 3.81. The van der Waals surface area contributed by atoms with E-state index < -0.39 is 0 Å². The lowest BCUT2D eigenvalue weighted by Gasteiger charge is -2.09. The van der Waals surface area contributed by atoms with E-state index in [1.54, 1.807) is 0 Å². The lowest BCUT2D eigenvalue weighted by atomic mass is 10.2. The summed E-state index contributed by atoms with van der Waals surface area (Å²) in [4.78, 5) is 3.97. The van der Waals surface area contributed by atoms with Gasteiger partial charge in [-0.25, -0.2) is 0 Å². The van der Waals surface area contributed by atoms with Gasteiger partial charge in [0, 0.05) is 4.47 Å². The van der Waals surface area contributed by atoms with E-state index in [1.165, 1.54) is 0 Å². The van der Waals surface area contributed by atoms with Crippen molar-refractivity contribution in [3.05, 3.63) is 38.7 Å². The normalized spacial score (nSPS) is 10.4. The third-order valence-corrected chi connectivity index (χ3v) is 3.53. The molecular weight excluding hydrogens is 327 g/mol. The summed E-state index contributed by atoms with van der Waals surface area (Å²) in [7, 11) is 0. The molecule has 1 aromatic carbocycles. The summed E-state index contributed by atoms with van der Waals surface area (Å²) in [5.41, 5.74) is 1.93. The molecule has 0 saturated heterocycles. The van der Waals surface area contributed by atoms with Gasteiger partial charge in [-0.15, -0.1) is 10.2 Å². The van der Waals surface area contributed by atoms with Crippen molar-refractivity contribution >= 4 is 50.6 Å². The van der Waals surface area contributed by atoms with Crippen LogP contribution in [0.4, 0.5) is 11.5 Å². The second-order valence-corrected chi connectivity index (χ2v) is 4.77. The first kappa shape index (κ1) is 12.5. The van der Waals surface area contributed by atoms with Gasteiger partial charge in [0.2, 0.25) is 5.28 Å². The predicted octanol–water partition coefficient (Wildman–Crippen LogP) is 3.99. The Balaban J connectivity index is 2.38. The van der Waals surface area contributed by atoms with Gasteiger partial charge in [-0.1, -0.05) is 23.7 Å². The molecule has 0 amide bonds. The van der Waals surface area contributed by atoms with Gasteiger partial charge in [-0.05, 0) is 46.1 Å². The number of anilines is 2. The lowest BCUT2D eigenvalue weighted by molar-refractivity contribution is 0.974. The van der Waals surface area contributed by atoms with Gasteiger partial charge in [0.1, 0.15) is 0 Å². The number of hydrogen-bond donors (Lipinski definition) is 1. The molecule has 0 aliphatic heterocycles. The summed E-state index contributed by atoms with van der Waals surface area (Å²) in [6.45, 7) is 1.99. The van der Waals surface area contributed by atoms with Gasteiger partial charge in [0.25, 0.3) is 0 Å². The highest BCUT2D eigenvalue weighted by molar-refractivity contribution is 9.10. The number of benzene rings is 1. The maximum Gasteiger partial charge on any atom is 0.245 e. The minimum absolute atomic E-state index is 0.0423. The fourth-order valence-electron chi connectivity index (χ4n) is 1.24. The maximum atomic E-state index is 5.87. The number of aromatic nitrogens is 3. The van der Waals surface area contributed by atoms with E-state index in [9.17, 15) is 0 Å². The zero-order valence-electron chi connectivity index (χ0n) is 8.71. The van der Waals surface area contributed by atoms with Crippen molar-refractivity contribution in [3.63, 3.8) is 0 Å². The minimum Gasteiger partial charge on any atom is -0.337 e. The summed E-state index contributed by atoms with van der Waals surface area (Å²) in [6, 6.07) is 5.80. The quantitative estimate of drug-likeness (QED) is 0.902. The van der Waals surface area contributed by atoms with E-state index in [0.29, 0.717) is 5.82 Å². The number of nitrogens with zero attached hydrogens (tertiary/aromatic N) is 3. The maximum absolute atomic E-state index is 5.87. The van der Waals surface area contributed by atoms with Crippen molar-refractivity contribution in [3.8, 4) is 0 Å². The van der Waals surface area contributed by atoms with Crippen LogP contribution in [0, 0.1) is 6.92 Å². The van der Waals surface area contributed by atoms with Crippen molar-refractivity contribution in [2.75, 3.05) is 5.32 Å². The molecule has 0 aliphatic carbocycles. The molecule has 7 heteroatoms. The highest BCUT2D eigenvalue weighted by Crippen LogP contribution is 2.29. The van der Waals surface area contributed by atoms with Gasteiger partial charge in [0.05, 0.1) is 5.69 Å². The molecule has 88 valence electrons. The van der Waals surface area contributed by atoms with Crippen molar-refractivity contribution in [1.82, 2.24) is 15.2 Å². The Labute approximate surface area is 117 Å². The molecule has 2 rings (SSSR count). The molecule has 0 fully saturated rings. The molecule has 0 unspecified atom stereocenters. The zero-order chi connectivity index (χ0) is 12.4. The van der Waals surface area contributed by atoms with Crippen LogP contribution in [-0.4, -0.2) is 15.2 Å². The van der Waals surface area contributed by atoms with Crippen LogP contribution in [-0.2, 0) is 0 Å². The monoisotopic (exact) mass is 332 g/mol. The van der Waals surface area contributed by atoms with Crippen LogP contribution in [0.25, 0.3) is 0 Å². The first-order valence-electron chi connectivity index (χ1n) is 4.66. The summed E-state index contributed by atoms with van der Waals surface area (Å²) in [6.07, 6.45) is 0. The molecule has 1 N–H and O–H groups in total. The van der Waals surface area contributed by atoms with E-state index in [1.807, 2.05) is 25.1 Å². The molecule has 0 aliphatic rings. The van der Waals surface area contributed by atoms with Gasteiger partial charge < -0.3 is 5.32 Å². The Morgan fingerprint density at radius 2 is 2.00 bits per heavy atom. The second-order valence-electron chi connectivity index (χ2n) is 3.28. The van der Waals surface area contributed by atoms with Crippen molar-refractivity contribution in [2.24, 2.45) is 0 Å². The SMILES string of the molecule is Cc1cccc(Nc2nc(Cl)nnc2Cl)c1Br. The number of nitrogens with one attached hydrogen (secondary N) is 1. The van der Waals surface area contributed by atoms with Crippen LogP contribution in [0.1, 0.15) is 5.56 Å². The van der Waals surface area contributed by atoms with Crippen LogP contribution in [0.5, 0.6) is 0 Å². The Morgan fingerprint density at radius 1 is 1.24 bits per heavy atom. The molecule has 1 aromatic heterocycles. The molecule has 1 heterocycles. The molecular formula is C10H7BrCl2N4. The Bertz CT molecular complexity index is 562. The fourth-order valence-corrected chi connectivity index (χ4v) is 1.86. The highest BCUT2D eigenvalue weighted by atomic mass is 79.9. The average Bonchev–Trinajstić information content (AvgIpc) is 2.30. The lowest BCUT2D eigenvalue weighted by Crippen LogP contribution is -1.99. The van der Waals surface area contributed by atoms with Gasteiger partial charge >= 0.3 is 0 Å². The highest BCUT2D eigenvalue weighted by Gasteiger charge is 2.09. The van der Waals surface area contributed by atoms with Gasteiger partial charge in [-0.2, -0.15) is 4.98 Å². The fraction of sp³-hybridized carbons (Fsp3) is 0.100. The number of rotatable bonds is 2. The number of halogens is 3. The molecule has 0 spiro atoms. The van der Waals surface area contributed by atoms with Crippen molar-refractivity contribution in [2.45, 2.75) is 6.92 Å². The van der Waals surface area contributed by atoms with E-state index in [-0.39, 0.29) is 10.4 Å². The van der Waals surface area contributed by atoms with E-state index in [2.05, 4.69) is 36.4 Å². The van der Waals surface area contributed by atoms with Crippen LogP contribution < -0.4 is 5.32 Å². The molecule has 2 aromatic rings. The third-order valence-electron chi connectivity index (χ3n) is 2.06. The molecule has 17 heavy (non-hydrogen) atoms. The second kappa shape index (κ2) is 5.16. The first-order chi connectivity index (χ1) is 8.08. The molecule has 0 atom stereocenters. The summed E-state index contributed by atoms with van der Waals surface area (Å²) in [5, 5.41) is 10.5. The first-order valence-corrected chi connectivity index (χ1v) is 6.20. The van der Waals surface area contributed by atoms with E-state index >= 15 is 0 Å². The van der Waals surface area contributed by atoms with E-state index in [4.69, 9.17) is 23.2 Å². The van der Waals surface area contributed by atoms with Crippen LogP contribution in [0.2, 0.25) is 10.4 Å². The topological polar surface area (TPSA) is 50.7 Å². The summed E-state index contributed by atoms with van der Waals surface area (Å²) < 4.78 is 0.936. The summed E-state index contributed by atoms with van der Waals surface area (Å²) >= 11 is 15.0. The van der Waals surface area contributed by atoms with Crippen LogP contribution in [0.15, 0.2) is 22.7 Å². The third kappa shape index (κ3) is 2.86. The predicted molar refractivity (Wildman–Crippen MR) is 72.0 cm³/mol. The molecule has 0 bridgehead atoms. The molecule has 0 saturated carbocycles. The minimum atomic E-state index is 0.0423. The Morgan fingerprint density at radius 3 is 2.76 bits per heavy atom. The molecule has 4 nitrogen and oxygen atoms in total. The number of hydrogen-bond acceptors (Lipinski definition) is 4. The van der Waals surface area contributed by atoms with Crippen LogP contribution in [0.3, 0.4) is 0 Å². The summed E-state index contributed by atoms with van der Waals surface area (Å²) in [5.74, 6) is 0.373. The van der Waals surface area contributed by atoms with Crippen molar-refractivity contribution < 1.29 is 0 Å². The smallest absolute Gasteiger partial charge is 0.245 e. The standard InChI is InChI=1S/C10H7BrCl2N4/c1-5-3-2-4-6(7(5)11)14-9-8(12)16-17-10(13)15-9/h2-4H,1H3,(H,14,15,17). The van der Waals surface area contributed by atoms with Crippen molar-refractivity contribution in [1.29, 1.82) is 0 Å². The average molecular weight is 334 g/mol. The van der Waals surface area contributed by atoms with Crippen LogP contribution >= 0.6 is 39.1 Å². The number of aryl methyl sites for hydroxylation is 1. The van der Waals surface area contributed by atoms with Gasteiger partial charge in [-0.3, -0.25) is 0 Å². The zero-order valence-corrected chi connectivity index (χ0v) is 11.8. The van der Waals surface area contributed by atoms with Gasteiger partial charge in [0.15, 0.2) is 11.0 Å². The Hall–Kier alpha value is -0.910. The van der Waals surface area contributed by atoms with E-state index in [0.717, 1.165) is 15.7 Å².